The third kappa shape index (κ3) is 2.52. The number of aliphatic hydroxyl groups excluding tert-OH is 1. The Morgan fingerprint density at radius 1 is 1.19 bits per heavy atom. The molecule has 0 radical (unpaired) electrons. The Morgan fingerprint density at radius 2 is 1.86 bits per heavy atom. The van der Waals surface area contributed by atoms with E-state index in [4.69, 9.17) is 11.6 Å². The standard InChI is InChI=1S/C15H12BrClN2O2/c1-7-8(3-2-4-11(7)17)14(20)9-5-12-13(6-10(9)16)19-15(21)18-12/h2-6,14,20H,1H3,(H2,18,19,21). The van der Waals surface area contributed by atoms with Gasteiger partial charge in [-0.15, -0.1) is 0 Å². The van der Waals surface area contributed by atoms with Crippen molar-refractivity contribution in [2.75, 3.05) is 0 Å². The predicted octanol–water partition coefficient (Wildman–Crippen LogP) is 3.66. The predicted molar refractivity (Wildman–Crippen MR) is 86.9 cm³/mol. The number of fused-ring (bicyclic) bond motifs is 1. The number of rotatable bonds is 2. The number of imidazole rings is 1. The maximum Gasteiger partial charge on any atom is 0.323 e. The van der Waals surface area contributed by atoms with E-state index < -0.39 is 6.10 Å². The molecule has 1 aromatic heterocycles. The maximum atomic E-state index is 11.3. The molecule has 0 aliphatic rings. The molecular weight excluding hydrogens is 356 g/mol. The highest BCUT2D eigenvalue weighted by Crippen LogP contribution is 2.34. The summed E-state index contributed by atoms with van der Waals surface area (Å²) in [5.41, 5.74) is 3.30. The van der Waals surface area contributed by atoms with E-state index in [9.17, 15) is 9.90 Å². The fourth-order valence-corrected chi connectivity index (χ4v) is 3.11. The minimum atomic E-state index is -0.833. The number of H-pyrrole nitrogens is 2. The molecule has 0 saturated carbocycles. The zero-order chi connectivity index (χ0) is 15.1. The Bertz CT molecular complexity index is 885. The van der Waals surface area contributed by atoms with Gasteiger partial charge in [0.25, 0.3) is 0 Å². The number of hydrogen-bond acceptors (Lipinski definition) is 2. The summed E-state index contributed by atoms with van der Waals surface area (Å²) >= 11 is 9.55. The van der Waals surface area contributed by atoms with Gasteiger partial charge in [-0.1, -0.05) is 39.7 Å². The van der Waals surface area contributed by atoms with Gasteiger partial charge in [-0.25, -0.2) is 4.79 Å². The van der Waals surface area contributed by atoms with Crippen molar-refractivity contribution in [3.8, 4) is 0 Å². The van der Waals surface area contributed by atoms with Gasteiger partial charge in [0.15, 0.2) is 0 Å². The highest BCUT2D eigenvalue weighted by atomic mass is 79.9. The van der Waals surface area contributed by atoms with Gasteiger partial charge in [0.1, 0.15) is 6.10 Å². The normalized spacial score (nSPS) is 12.8. The van der Waals surface area contributed by atoms with Gasteiger partial charge in [-0.2, -0.15) is 0 Å². The summed E-state index contributed by atoms with van der Waals surface area (Å²) < 4.78 is 0.720. The van der Waals surface area contributed by atoms with Crippen LogP contribution >= 0.6 is 27.5 Å². The Labute approximate surface area is 133 Å². The number of aromatic amines is 2. The van der Waals surface area contributed by atoms with Gasteiger partial charge in [-0.05, 0) is 36.2 Å². The first-order valence-electron chi connectivity index (χ1n) is 6.32. The second kappa shape index (κ2) is 5.33. The van der Waals surface area contributed by atoms with Crippen molar-refractivity contribution in [2.45, 2.75) is 13.0 Å². The lowest BCUT2D eigenvalue weighted by Crippen LogP contribution is -2.03. The molecule has 21 heavy (non-hydrogen) atoms. The van der Waals surface area contributed by atoms with Crippen LogP contribution in [-0.2, 0) is 0 Å². The van der Waals surface area contributed by atoms with Crippen molar-refractivity contribution in [3.05, 3.63) is 67.0 Å². The molecule has 0 fully saturated rings. The molecule has 3 rings (SSSR count). The summed E-state index contributed by atoms with van der Waals surface area (Å²) in [4.78, 5) is 16.7. The molecule has 108 valence electrons. The number of hydrogen-bond donors (Lipinski definition) is 3. The van der Waals surface area contributed by atoms with E-state index in [-0.39, 0.29) is 5.69 Å². The zero-order valence-electron chi connectivity index (χ0n) is 11.1. The van der Waals surface area contributed by atoms with Crippen molar-refractivity contribution in [3.63, 3.8) is 0 Å². The van der Waals surface area contributed by atoms with Crippen LogP contribution in [-0.4, -0.2) is 15.1 Å². The first kappa shape index (κ1) is 14.4. The number of halogens is 2. The zero-order valence-corrected chi connectivity index (χ0v) is 13.4. The van der Waals surface area contributed by atoms with E-state index in [1.54, 1.807) is 24.3 Å². The molecule has 0 aliphatic heterocycles. The summed E-state index contributed by atoms with van der Waals surface area (Å²) in [6.45, 7) is 1.87. The first-order chi connectivity index (χ1) is 9.97. The second-order valence-corrected chi connectivity index (χ2v) is 6.12. The highest BCUT2D eigenvalue weighted by molar-refractivity contribution is 9.10. The fraction of sp³-hybridized carbons (Fsp3) is 0.133. The SMILES string of the molecule is Cc1c(Cl)cccc1C(O)c1cc2[nH]c(=O)[nH]c2cc1Br. The molecule has 6 heteroatoms. The number of nitrogens with one attached hydrogen (secondary N) is 2. The molecule has 0 bridgehead atoms. The summed E-state index contributed by atoms with van der Waals surface area (Å²) in [6, 6.07) is 8.95. The van der Waals surface area contributed by atoms with Crippen LogP contribution in [0.25, 0.3) is 11.0 Å². The molecule has 2 aromatic carbocycles. The summed E-state index contributed by atoms with van der Waals surface area (Å²) in [5, 5.41) is 11.3. The lowest BCUT2D eigenvalue weighted by Gasteiger charge is -2.16. The molecule has 0 amide bonds. The summed E-state index contributed by atoms with van der Waals surface area (Å²) in [5.74, 6) is 0. The van der Waals surface area contributed by atoms with E-state index in [1.165, 1.54) is 0 Å². The van der Waals surface area contributed by atoms with Gasteiger partial charge in [-0.3, -0.25) is 0 Å². The van der Waals surface area contributed by atoms with E-state index >= 15 is 0 Å². The Kier molecular flexibility index (Phi) is 3.65. The topological polar surface area (TPSA) is 68.9 Å². The Hall–Kier alpha value is -1.56. The molecule has 3 aromatic rings. The number of aromatic nitrogens is 2. The monoisotopic (exact) mass is 366 g/mol. The van der Waals surface area contributed by atoms with Gasteiger partial charge in [0, 0.05) is 15.1 Å². The molecule has 4 nitrogen and oxygen atoms in total. The van der Waals surface area contributed by atoms with Gasteiger partial charge < -0.3 is 15.1 Å². The van der Waals surface area contributed by atoms with Gasteiger partial charge in [0.2, 0.25) is 0 Å². The van der Waals surface area contributed by atoms with Crippen LogP contribution in [0.2, 0.25) is 5.02 Å². The van der Waals surface area contributed by atoms with Crippen LogP contribution in [0, 0.1) is 6.92 Å². The molecule has 0 aliphatic carbocycles. The average Bonchev–Trinajstić information content (AvgIpc) is 2.79. The molecule has 3 N–H and O–H groups in total. The third-order valence-electron chi connectivity index (χ3n) is 3.53. The van der Waals surface area contributed by atoms with E-state index in [0.29, 0.717) is 21.6 Å². The van der Waals surface area contributed by atoms with E-state index in [2.05, 4.69) is 25.9 Å². The molecule has 0 spiro atoms. The minimum Gasteiger partial charge on any atom is -0.384 e. The number of aliphatic hydroxyl groups is 1. The van der Waals surface area contributed by atoms with Crippen molar-refractivity contribution >= 4 is 38.6 Å². The lowest BCUT2D eigenvalue weighted by molar-refractivity contribution is 0.219. The van der Waals surface area contributed by atoms with E-state index in [1.807, 2.05) is 13.0 Å². The number of benzene rings is 2. The van der Waals surface area contributed by atoms with Crippen LogP contribution < -0.4 is 5.69 Å². The van der Waals surface area contributed by atoms with Crippen molar-refractivity contribution in [1.82, 2.24) is 9.97 Å². The summed E-state index contributed by atoms with van der Waals surface area (Å²) in [6.07, 6.45) is -0.833. The molecule has 1 heterocycles. The summed E-state index contributed by atoms with van der Waals surface area (Å²) in [7, 11) is 0. The van der Waals surface area contributed by atoms with Crippen LogP contribution in [0.15, 0.2) is 39.6 Å². The Balaban J connectivity index is 2.16. The molecule has 1 atom stereocenters. The van der Waals surface area contributed by atoms with E-state index in [0.717, 1.165) is 15.6 Å². The fourth-order valence-electron chi connectivity index (χ4n) is 2.37. The highest BCUT2D eigenvalue weighted by Gasteiger charge is 2.18. The second-order valence-electron chi connectivity index (χ2n) is 4.86. The maximum absolute atomic E-state index is 11.3. The van der Waals surface area contributed by atoms with Crippen LogP contribution in [0.1, 0.15) is 22.8 Å². The smallest absolute Gasteiger partial charge is 0.323 e. The van der Waals surface area contributed by atoms with Gasteiger partial charge in [0.05, 0.1) is 11.0 Å². The third-order valence-corrected chi connectivity index (χ3v) is 4.63. The van der Waals surface area contributed by atoms with Crippen molar-refractivity contribution in [2.24, 2.45) is 0 Å². The quantitative estimate of drug-likeness (QED) is 0.647. The average molecular weight is 368 g/mol. The van der Waals surface area contributed by atoms with Crippen LogP contribution in [0.3, 0.4) is 0 Å². The van der Waals surface area contributed by atoms with Crippen molar-refractivity contribution in [1.29, 1.82) is 0 Å². The van der Waals surface area contributed by atoms with Crippen molar-refractivity contribution < 1.29 is 5.11 Å². The molecular formula is C15H12BrClN2O2. The first-order valence-corrected chi connectivity index (χ1v) is 7.49. The van der Waals surface area contributed by atoms with Gasteiger partial charge >= 0.3 is 5.69 Å². The minimum absolute atomic E-state index is 0.275. The van der Waals surface area contributed by atoms with Crippen LogP contribution in [0.4, 0.5) is 0 Å². The molecule has 1 unspecified atom stereocenters. The lowest BCUT2D eigenvalue weighted by atomic mass is 9.97. The van der Waals surface area contributed by atoms with Crippen LogP contribution in [0.5, 0.6) is 0 Å². The Morgan fingerprint density at radius 3 is 2.57 bits per heavy atom. The molecule has 0 saturated heterocycles. The largest absolute Gasteiger partial charge is 0.384 e.